The molecule has 1 N–H and O–H groups in total. The van der Waals surface area contributed by atoms with Gasteiger partial charge in [-0.1, -0.05) is 0 Å². The molecule has 0 bridgehead atoms. The Morgan fingerprint density at radius 3 is 2.60 bits per heavy atom. The summed E-state index contributed by atoms with van der Waals surface area (Å²) in [4.78, 5) is 11.2. The number of hydrogen-bond donors (Lipinski definition) is 1. The molecule has 1 fully saturated rings. The Bertz CT molecular complexity index is 612. The van der Waals surface area contributed by atoms with E-state index < -0.39 is 38.6 Å². The summed E-state index contributed by atoms with van der Waals surface area (Å²) < 4.78 is 56.5. The van der Waals surface area contributed by atoms with Gasteiger partial charge in [0.2, 0.25) is 0 Å². The molecule has 1 aliphatic heterocycles. The van der Waals surface area contributed by atoms with Crippen LogP contribution in [0.15, 0.2) is 23.1 Å². The van der Waals surface area contributed by atoms with Crippen molar-refractivity contribution in [2.45, 2.75) is 30.3 Å². The largest absolute Gasteiger partial charge is 0.368 e. The quantitative estimate of drug-likeness (QED) is 0.914. The Balaban J connectivity index is 2.13. The van der Waals surface area contributed by atoms with Gasteiger partial charge >= 0.3 is 0 Å². The standard InChI is InChI=1S/C12H13F2NO4S/c13-9-5-4-8(7-10(9)14)20(17,18)15-12(16)11-3-1-2-6-19-11/h4-5,7,11H,1-3,6H2,(H,15,16). The normalized spacial score (nSPS) is 19.6. The maximum absolute atomic E-state index is 13.0. The summed E-state index contributed by atoms with van der Waals surface area (Å²) in [7, 11) is -4.23. The van der Waals surface area contributed by atoms with Crippen LogP contribution in [0.3, 0.4) is 0 Å². The van der Waals surface area contributed by atoms with Crippen molar-refractivity contribution in [1.29, 1.82) is 0 Å². The molecule has 2 rings (SSSR count). The van der Waals surface area contributed by atoms with E-state index in [9.17, 15) is 22.0 Å². The average molecular weight is 305 g/mol. The maximum atomic E-state index is 13.0. The first kappa shape index (κ1) is 14.9. The van der Waals surface area contributed by atoms with Crippen LogP contribution in [0.25, 0.3) is 0 Å². The molecule has 1 amide bonds. The van der Waals surface area contributed by atoms with E-state index in [1.54, 1.807) is 0 Å². The van der Waals surface area contributed by atoms with Crippen molar-refractivity contribution in [2.75, 3.05) is 6.61 Å². The molecule has 110 valence electrons. The third-order valence-corrected chi connectivity index (χ3v) is 4.25. The van der Waals surface area contributed by atoms with Crippen LogP contribution in [0.2, 0.25) is 0 Å². The SMILES string of the molecule is O=C(NS(=O)(=O)c1ccc(F)c(F)c1)C1CCCCO1. The van der Waals surface area contributed by atoms with E-state index in [0.717, 1.165) is 18.9 Å². The topological polar surface area (TPSA) is 72.5 Å². The lowest BCUT2D eigenvalue weighted by molar-refractivity contribution is -0.133. The second-order valence-corrected chi connectivity index (χ2v) is 6.08. The van der Waals surface area contributed by atoms with Crippen LogP contribution < -0.4 is 4.72 Å². The number of benzene rings is 1. The zero-order valence-corrected chi connectivity index (χ0v) is 11.3. The minimum atomic E-state index is -4.23. The van der Waals surface area contributed by atoms with E-state index in [-0.39, 0.29) is 0 Å². The third-order valence-electron chi connectivity index (χ3n) is 2.91. The molecule has 1 aromatic carbocycles. The van der Waals surface area contributed by atoms with Crippen molar-refractivity contribution in [3.63, 3.8) is 0 Å². The molecule has 1 aliphatic rings. The number of carbonyl (C=O) groups is 1. The third kappa shape index (κ3) is 3.31. The van der Waals surface area contributed by atoms with Crippen LogP contribution in [0.5, 0.6) is 0 Å². The number of sulfonamides is 1. The Labute approximate surface area is 115 Å². The zero-order chi connectivity index (χ0) is 14.8. The summed E-state index contributed by atoms with van der Waals surface area (Å²) in [5.41, 5.74) is 0. The molecule has 5 nitrogen and oxygen atoms in total. The second kappa shape index (κ2) is 5.84. The number of halogens is 2. The maximum Gasteiger partial charge on any atom is 0.264 e. The smallest absolute Gasteiger partial charge is 0.264 e. The lowest BCUT2D eigenvalue weighted by atomic mass is 10.1. The van der Waals surface area contributed by atoms with Crippen LogP contribution in [0.1, 0.15) is 19.3 Å². The van der Waals surface area contributed by atoms with Crippen LogP contribution in [0.4, 0.5) is 8.78 Å². The Hall–Kier alpha value is -1.54. The highest BCUT2D eigenvalue weighted by molar-refractivity contribution is 7.90. The highest BCUT2D eigenvalue weighted by atomic mass is 32.2. The van der Waals surface area contributed by atoms with Gasteiger partial charge in [0.25, 0.3) is 15.9 Å². The lowest BCUT2D eigenvalue weighted by Gasteiger charge is -2.21. The zero-order valence-electron chi connectivity index (χ0n) is 10.4. The van der Waals surface area contributed by atoms with Gasteiger partial charge in [0.1, 0.15) is 6.10 Å². The molecule has 0 aliphatic carbocycles. The van der Waals surface area contributed by atoms with Crippen LogP contribution in [-0.2, 0) is 19.6 Å². The predicted molar refractivity (Wildman–Crippen MR) is 65.3 cm³/mol. The Morgan fingerprint density at radius 1 is 1.25 bits per heavy atom. The molecule has 1 saturated heterocycles. The van der Waals surface area contributed by atoms with Gasteiger partial charge < -0.3 is 4.74 Å². The average Bonchev–Trinajstić information content (AvgIpc) is 2.42. The molecule has 20 heavy (non-hydrogen) atoms. The lowest BCUT2D eigenvalue weighted by Crippen LogP contribution is -2.41. The first-order chi connectivity index (χ1) is 9.40. The molecule has 0 spiro atoms. The number of ether oxygens (including phenoxy) is 1. The molecule has 0 radical (unpaired) electrons. The van der Waals surface area contributed by atoms with Gasteiger partial charge in [-0.2, -0.15) is 0 Å². The fraction of sp³-hybridized carbons (Fsp3) is 0.417. The number of hydrogen-bond acceptors (Lipinski definition) is 4. The molecular weight excluding hydrogens is 292 g/mol. The van der Waals surface area contributed by atoms with Crippen molar-refractivity contribution in [3.8, 4) is 0 Å². The first-order valence-corrected chi connectivity index (χ1v) is 7.52. The molecule has 1 heterocycles. The van der Waals surface area contributed by atoms with Crippen LogP contribution in [-0.4, -0.2) is 27.0 Å². The number of nitrogens with one attached hydrogen (secondary N) is 1. The van der Waals surface area contributed by atoms with Gasteiger partial charge in [0.05, 0.1) is 4.90 Å². The monoisotopic (exact) mass is 305 g/mol. The fourth-order valence-electron chi connectivity index (χ4n) is 1.85. The van der Waals surface area contributed by atoms with E-state index in [1.807, 2.05) is 4.72 Å². The van der Waals surface area contributed by atoms with Gasteiger partial charge in [0.15, 0.2) is 11.6 Å². The molecule has 8 heteroatoms. The number of amides is 1. The summed E-state index contributed by atoms with van der Waals surface area (Å²) in [5, 5.41) is 0. The number of rotatable bonds is 3. The highest BCUT2D eigenvalue weighted by Crippen LogP contribution is 2.16. The molecule has 0 aromatic heterocycles. The van der Waals surface area contributed by atoms with Crippen molar-refractivity contribution in [2.24, 2.45) is 0 Å². The summed E-state index contributed by atoms with van der Waals surface area (Å²) in [6.45, 7) is 0.392. The van der Waals surface area contributed by atoms with Gasteiger partial charge in [0, 0.05) is 6.61 Å². The molecule has 0 saturated carbocycles. The summed E-state index contributed by atoms with van der Waals surface area (Å²) >= 11 is 0. The highest BCUT2D eigenvalue weighted by Gasteiger charge is 2.27. The summed E-state index contributed by atoms with van der Waals surface area (Å²) in [6.07, 6.45) is 1.19. The van der Waals surface area contributed by atoms with Crippen molar-refractivity contribution >= 4 is 15.9 Å². The van der Waals surface area contributed by atoms with Gasteiger partial charge in [-0.15, -0.1) is 0 Å². The number of carbonyl (C=O) groups excluding carboxylic acids is 1. The fourth-order valence-corrected chi connectivity index (χ4v) is 2.87. The van der Waals surface area contributed by atoms with Gasteiger partial charge in [-0.3, -0.25) is 4.79 Å². The minimum absolute atomic E-state index is 0.392. The second-order valence-electron chi connectivity index (χ2n) is 4.40. The van der Waals surface area contributed by atoms with Gasteiger partial charge in [-0.05, 0) is 37.5 Å². The van der Waals surface area contributed by atoms with Crippen LogP contribution >= 0.6 is 0 Å². The first-order valence-electron chi connectivity index (χ1n) is 6.03. The van der Waals surface area contributed by atoms with Crippen molar-refractivity contribution in [3.05, 3.63) is 29.8 Å². The van der Waals surface area contributed by atoms with E-state index in [1.165, 1.54) is 0 Å². The van der Waals surface area contributed by atoms with Gasteiger partial charge in [-0.25, -0.2) is 21.9 Å². The molecule has 1 atom stereocenters. The summed E-state index contributed by atoms with van der Waals surface area (Å²) in [5.74, 6) is -3.26. The summed E-state index contributed by atoms with van der Waals surface area (Å²) in [6, 6.07) is 2.09. The van der Waals surface area contributed by atoms with Crippen molar-refractivity contribution in [1.82, 2.24) is 4.72 Å². The van der Waals surface area contributed by atoms with E-state index in [0.29, 0.717) is 25.2 Å². The molecule has 1 unspecified atom stereocenters. The predicted octanol–water partition coefficient (Wildman–Crippen LogP) is 1.34. The minimum Gasteiger partial charge on any atom is -0.368 e. The Kier molecular flexibility index (Phi) is 4.34. The molecular formula is C12H13F2NO4S. The van der Waals surface area contributed by atoms with E-state index in [2.05, 4.69) is 0 Å². The van der Waals surface area contributed by atoms with E-state index in [4.69, 9.17) is 4.74 Å². The Morgan fingerprint density at radius 2 is 2.00 bits per heavy atom. The van der Waals surface area contributed by atoms with Crippen molar-refractivity contribution < 1.29 is 26.7 Å². The van der Waals surface area contributed by atoms with Crippen LogP contribution in [0, 0.1) is 11.6 Å². The van der Waals surface area contributed by atoms with E-state index >= 15 is 0 Å². The molecule has 1 aromatic rings.